The van der Waals surface area contributed by atoms with Crippen LogP contribution in [0.3, 0.4) is 0 Å². The van der Waals surface area contributed by atoms with Gasteiger partial charge in [0.15, 0.2) is 0 Å². The van der Waals surface area contributed by atoms with Gasteiger partial charge in [0.2, 0.25) is 5.72 Å². The van der Waals surface area contributed by atoms with Crippen molar-refractivity contribution in [1.82, 2.24) is 9.80 Å². The summed E-state index contributed by atoms with van der Waals surface area (Å²) in [7, 11) is 4.79. The van der Waals surface area contributed by atoms with Crippen LogP contribution in [0.5, 0.6) is 0 Å². The second-order valence-electron chi connectivity index (χ2n) is 4.12. The van der Waals surface area contributed by atoms with Crippen LogP contribution in [0, 0.1) is 0 Å². The molecule has 17 heavy (non-hydrogen) atoms. The van der Waals surface area contributed by atoms with Gasteiger partial charge in [-0.15, -0.1) is 0 Å². The predicted octanol–water partition coefficient (Wildman–Crippen LogP) is -0.00120. The van der Waals surface area contributed by atoms with Crippen molar-refractivity contribution in [1.29, 1.82) is 0 Å². The molecule has 6 nitrogen and oxygen atoms in total. The van der Waals surface area contributed by atoms with Crippen molar-refractivity contribution in [3.8, 4) is 0 Å². The molecule has 0 fully saturated rings. The van der Waals surface area contributed by atoms with Gasteiger partial charge < -0.3 is 20.1 Å². The molecule has 0 aromatic carbocycles. The number of allylic oxidation sites excluding steroid dienone is 3. The van der Waals surface area contributed by atoms with Crippen molar-refractivity contribution in [2.24, 2.45) is 5.16 Å². The number of nitrogens with zero attached hydrogens (tertiary/aromatic N) is 3. The first kappa shape index (κ1) is 13.2. The van der Waals surface area contributed by atoms with E-state index in [-0.39, 0.29) is 11.5 Å². The zero-order chi connectivity index (χ0) is 13.2. The van der Waals surface area contributed by atoms with Crippen molar-refractivity contribution in [3.63, 3.8) is 0 Å². The van der Waals surface area contributed by atoms with E-state index in [4.69, 9.17) is 5.21 Å². The molecule has 0 spiro atoms. The molecule has 1 unspecified atom stereocenters. The highest BCUT2D eigenvalue weighted by atomic mass is 16.4. The molecule has 0 aliphatic carbocycles. The average molecular weight is 239 g/mol. The number of hydrogen-bond donors (Lipinski definition) is 2. The Balaban J connectivity index is 3.29. The molecule has 1 amide bonds. The first-order valence-corrected chi connectivity index (χ1v) is 5.10. The maximum Gasteiger partial charge on any atom is 0.254 e. The van der Waals surface area contributed by atoms with Gasteiger partial charge in [-0.2, -0.15) is 0 Å². The maximum absolute atomic E-state index is 11.9. The molecule has 1 atom stereocenters. The summed E-state index contributed by atoms with van der Waals surface area (Å²) < 4.78 is 0. The molecule has 94 valence electrons. The predicted molar refractivity (Wildman–Crippen MR) is 63.5 cm³/mol. The summed E-state index contributed by atoms with van der Waals surface area (Å²) in [6.07, 6.45) is 4.17. The van der Waals surface area contributed by atoms with Crippen LogP contribution in [0.25, 0.3) is 0 Å². The van der Waals surface area contributed by atoms with E-state index in [1.807, 2.05) is 0 Å². The van der Waals surface area contributed by atoms with E-state index >= 15 is 0 Å². The highest BCUT2D eigenvalue weighted by Crippen LogP contribution is 2.28. The third-order valence-corrected chi connectivity index (χ3v) is 2.80. The van der Waals surface area contributed by atoms with E-state index in [0.29, 0.717) is 0 Å². The van der Waals surface area contributed by atoms with Gasteiger partial charge in [0, 0.05) is 26.8 Å². The van der Waals surface area contributed by atoms with Crippen LogP contribution in [-0.4, -0.2) is 59.1 Å². The van der Waals surface area contributed by atoms with Gasteiger partial charge in [-0.3, -0.25) is 4.79 Å². The number of aliphatic hydroxyl groups is 1. The molecule has 1 aliphatic heterocycles. The van der Waals surface area contributed by atoms with Crippen molar-refractivity contribution in [3.05, 3.63) is 23.4 Å². The third-order valence-electron chi connectivity index (χ3n) is 2.80. The lowest BCUT2D eigenvalue weighted by molar-refractivity contribution is -0.128. The normalized spacial score (nSPS) is 24.6. The quantitative estimate of drug-likeness (QED) is 0.404. The summed E-state index contributed by atoms with van der Waals surface area (Å²) in [4.78, 5) is 14.8. The number of rotatable bonds is 2. The van der Waals surface area contributed by atoms with Crippen LogP contribution in [0.2, 0.25) is 0 Å². The number of carbonyl (C=O) groups is 1. The number of hydrogen-bond acceptors (Lipinski definition) is 5. The maximum atomic E-state index is 11.9. The Hall–Kier alpha value is -1.82. The van der Waals surface area contributed by atoms with Gasteiger partial charge in [0.25, 0.3) is 5.91 Å². The van der Waals surface area contributed by atoms with Gasteiger partial charge in [0.1, 0.15) is 6.21 Å². The first-order chi connectivity index (χ1) is 7.84. The SMILES string of the molecule is CC1=CC=C(C(=O)N(C)C)C(O)(C=NO)N1C. The van der Waals surface area contributed by atoms with Crippen molar-refractivity contribution < 1.29 is 15.1 Å². The topological polar surface area (TPSA) is 76.4 Å². The molecule has 0 saturated carbocycles. The standard InChI is InChI=1S/C11H17N3O3/c1-8-5-6-9(10(15)13(2)3)11(16,7-12-17)14(8)4/h5-7,16-17H,1-4H3. The molecule has 0 aromatic rings. The Morgan fingerprint density at radius 3 is 2.59 bits per heavy atom. The highest BCUT2D eigenvalue weighted by molar-refractivity contribution is 6.00. The lowest BCUT2D eigenvalue weighted by Crippen LogP contribution is -2.53. The summed E-state index contributed by atoms with van der Waals surface area (Å²) in [5.41, 5.74) is -0.842. The molecular weight excluding hydrogens is 222 g/mol. The van der Waals surface area contributed by atoms with Crippen LogP contribution >= 0.6 is 0 Å². The summed E-state index contributed by atoms with van der Waals surface area (Å²) in [6, 6.07) is 0. The van der Waals surface area contributed by atoms with Gasteiger partial charge in [-0.25, -0.2) is 0 Å². The fourth-order valence-electron chi connectivity index (χ4n) is 1.59. The molecule has 1 heterocycles. The monoisotopic (exact) mass is 239 g/mol. The van der Waals surface area contributed by atoms with E-state index in [1.165, 1.54) is 15.9 Å². The Kier molecular flexibility index (Phi) is 3.57. The zero-order valence-corrected chi connectivity index (χ0v) is 10.4. The zero-order valence-electron chi connectivity index (χ0n) is 10.4. The Bertz CT molecular complexity index is 412. The molecule has 0 saturated heterocycles. The second-order valence-corrected chi connectivity index (χ2v) is 4.12. The molecule has 1 rings (SSSR count). The number of carbonyl (C=O) groups excluding carboxylic acids is 1. The molecule has 2 N–H and O–H groups in total. The van der Waals surface area contributed by atoms with Crippen molar-refractivity contribution in [2.75, 3.05) is 21.1 Å². The minimum atomic E-state index is -1.73. The lowest BCUT2D eigenvalue weighted by atomic mass is 9.96. The lowest BCUT2D eigenvalue weighted by Gasteiger charge is -2.39. The molecule has 6 heteroatoms. The van der Waals surface area contributed by atoms with Gasteiger partial charge in [0.05, 0.1) is 5.57 Å². The van der Waals surface area contributed by atoms with E-state index in [1.54, 1.807) is 34.1 Å². The number of oxime groups is 1. The highest BCUT2D eigenvalue weighted by Gasteiger charge is 2.41. The van der Waals surface area contributed by atoms with Crippen LogP contribution in [-0.2, 0) is 4.79 Å². The van der Waals surface area contributed by atoms with Crippen LogP contribution in [0.1, 0.15) is 6.92 Å². The number of amides is 1. The second kappa shape index (κ2) is 4.58. The summed E-state index contributed by atoms with van der Waals surface area (Å²) in [6.45, 7) is 1.78. The molecule has 0 bridgehead atoms. The van der Waals surface area contributed by atoms with Crippen LogP contribution in [0.4, 0.5) is 0 Å². The smallest absolute Gasteiger partial charge is 0.254 e. The largest absolute Gasteiger partial charge is 0.411 e. The van der Waals surface area contributed by atoms with Gasteiger partial charge in [-0.1, -0.05) is 5.16 Å². The average Bonchev–Trinajstić information content (AvgIpc) is 2.26. The Morgan fingerprint density at radius 1 is 1.53 bits per heavy atom. The third kappa shape index (κ3) is 2.16. The summed E-state index contributed by atoms with van der Waals surface area (Å²) in [5, 5.41) is 21.9. The van der Waals surface area contributed by atoms with E-state index in [2.05, 4.69) is 5.16 Å². The first-order valence-electron chi connectivity index (χ1n) is 5.10. The molecule has 1 aliphatic rings. The minimum absolute atomic E-state index is 0.133. The van der Waals surface area contributed by atoms with E-state index in [9.17, 15) is 9.90 Å². The Labute approximate surface area is 100 Å². The van der Waals surface area contributed by atoms with E-state index in [0.717, 1.165) is 11.9 Å². The van der Waals surface area contributed by atoms with Crippen LogP contribution in [0.15, 0.2) is 28.6 Å². The fourth-order valence-corrected chi connectivity index (χ4v) is 1.59. The molecular formula is C11H17N3O3. The van der Waals surface area contributed by atoms with E-state index < -0.39 is 5.72 Å². The van der Waals surface area contributed by atoms with Gasteiger partial charge in [-0.05, 0) is 19.1 Å². The fraction of sp³-hybridized carbons (Fsp3) is 0.455. The summed E-state index contributed by atoms with van der Waals surface area (Å²) >= 11 is 0. The molecule has 0 aromatic heterocycles. The minimum Gasteiger partial charge on any atom is -0.411 e. The van der Waals surface area contributed by atoms with Gasteiger partial charge >= 0.3 is 0 Å². The summed E-state index contributed by atoms with van der Waals surface area (Å²) in [5.74, 6) is -0.344. The Morgan fingerprint density at radius 2 is 2.12 bits per heavy atom. The van der Waals surface area contributed by atoms with Crippen molar-refractivity contribution in [2.45, 2.75) is 12.6 Å². The van der Waals surface area contributed by atoms with Crippen LogP contribution < -0.4 is 0 Å². The molecule has 0 radical (unpaired) electrons. The van der Waals surface area contributed by atoms with Crippen molar-refractivity contribution >= 4 is 12.1 Å². The number of likely N-dealkylation sites (N-methyl/N-ethyl adjacent to an activating group) is 2.